The molecule has 2 saturated heterocycles. The Labute approximate surface area is 198 Å². The minimum absolute atomic E-state index is 0.0133. The van der Waals surface area contributed by atoms with E-state index in [2.05, 4.69) is 44.5 Å². The van der Waals surface area contributed by atoms with Crippen LogP contribution in [0.15, 0.2) is 36.5 Å². The smallest absolute Gasteiger partial charge is 0.233 e. The highest BCUT2D eigenvalue weighted by Crippen LogP contribution is 2.44. The van der Waals surface area contributed by atoms with E-state index in [4.69, 9.17) is 4.74 Å². The molecule has 0 aliphatic carbocycles. The van der Waals surface area contributed by atoms with Gasteiger partial charge >= 0.3 is 0 Å². The first kappa shape index (κ1) is 22.5. The average Bonchev–Trinajstić information content (AvgIpc) is 3.05. The van der Waals surface area contributed by atoms with E-state index in [9.17, 15) is 5.11 Å². The number of aromatic nitrogens is 4. The summed E-state index contributed by atoms with van der Waals surface area (Å²) < 4.78 is 20.2. The van der Waals surface area contributed by atoms with Crippen LogP contribution in [0.4, 0.5) is 10.2 Å². The second-order valence-electron chi connectivity index (χ2n) is 10.0. The number of phenols is 1. The molecule has 0 spiro atoms. The Morgan fingerprint density at radius 2 is 1.79 bits per heavy atom. The fourth-order valence-electron chi connectivity index (χ4n) is 5.55. The van der Waals surface area contributed by atoms with Crippen LogP contribution in [0.3, 0.4) is 0 Å². The maximum Gasteiger partial charge on any atom is 0.233 e. The molecule has 0 amide bonds. The highest BCUT2D eigenvalue weighted by molar-refractivity contribution is 5.75. The van der Waals surface area contributed by atoms with Crippen LogP contribution in [0, 0.1) is 5.82 Å². The van der Waals surface area contributed by atoms with E-state index in [0.29, 0.717) is 23.0 Å². The largest absolute Gasteiger partial charge is 0.507 e. The van der Waals surface area contributed by atoms with E-state index in [1.54, 1.807) is 12.1 Å². The number of nitrogens with one attached hydrogen (secondary N) is 1. The molecule has 3 aromatic rings. The molecule has 178 valence electrons. The van der Waals surface area contributed by atoms with Gasteiger partial charge in [0.1, 0.15) is 11.6 Å². The monoisotopic (exact) mass is 464 g/mol. The van der Waals surface area contributed by atoms with Gasteiger partial charge in [-0.2, -0.15) is 5.10 Å². The number of hydrogen-bond donors (Lipinski definition) is 2. The number of ether oxygens (including phenoxy) is 1. The fraction of sp³-hybridized carbons (Fsp3) is 0.440. The zero-order chi connectivity index (χ0) is 24.1. The van der Waals surface area contributed by atoms with E-state index in [1.165, 1.54) is 38.3 Å². The summed E-state index contributed by atoms with van der Waals surface area (Å²) in [5.41, 5.74) is 1.61. The molecule has 5 rings (SSSR count). The van der Waals surface area contributed by atoms with Gasteiger partial charge in [0.15, 0.2) is 5.82 Å². The van der Waals surface area contributed by atoms with Gasteiger partial charge in [-0.1, -0.05) is 0 Å². The third kappa shape index (κ3) is 4.04. The number of hydrogen-bond acceptors (Lipinski definition) is 8. The van der Waals surface area contributed by atoms with E-state index in [0.717, 1.165) is 18.7 Å². The first-order valence-electron chi connectivity index (χ1n) is 11.4. The Kier molecular flexibility index (Phi) is 5.39. The number of anilines is 1. The quantitative estimate of drug-likeness (QED) is 0.586. The number of fused-ring (bicyclic) bond motifs is 2. The van der Waals surface area contributed by atoms with Crippen LogP contribution < -0.4 is 15.0 Å². The first-order valence-corrected chi connectivity index (χ1v) is 11.4. The second-order valence-corrected chi connectivity index (χ2v) is 10.0. The summed E-state index contributed by atoms with van der Waals surface area (Å²) in [6.45, 7) is 4.58. The molecular weight excluding hydrogens is 435 g/mol. The molecule has 8 nitrogen and oxygen atoms in total. The molecule has 9 heteroatoms. The fourth-order valence-corrected chi connectivity index (χ4v) is 5.55. The molecule has 2 fully saturated rings. The number of halogens is 1. The lowest BCUT2D eigenvalue weighted by molar-refractivity contribution is 0.207. The lowest BCUT2D eigenvalue weighted by atomic mass is 9.84. The maximum atomic E-state index is 15.1. The lowest BCUT2D eigenvalue weighted by Gasteiger charge is -2.45. The summed E-state index contributed by atoms with van der Waals surface area (Å²) in [5, 5.41) is 30.7. The molecule has 0 saturated carbocycles. The van der Waals surface area contributed by atoms with Crippen molar-refractivity contribution in [3.05, 3.63) is 42.3 Å². The minimum atomic E-state index is -0.600. The number of nitrogens with zero attached hydrogens (tertiary/aromatic N) is 5. The van der Waals surface area contributed by atoms with Crippen LogP contribution in [-0.2, 0) is 0 Å². The SMILES string of the molecule is COc1cc(-c2cc(O)c(-c3ccc(N(C)[C@@H]4C[C@]5(C)CC[C@](C)(C4)N5)nn3)c(F)c2)cnn1. The summed E-state index contributed by atoms with van der Waals surface area (Å²) in [6.07, 6.45) is 5.90. The molecule has 2 N–H and O–H groups in total. The van der Waals surface area contributed by atoms with E-state index in [-0.39, 0.29) is 28.1 Å². The number of phenolic OH excluding ortho intramolecular Hbond substituents is 1. The average molecular weight is 465 g/mol. The van der Waals surface area contributed by atoms with E-state index >= 15 is 4.39 Å². The Bertz CT molecular complexity index is 1180. The van der Waals surface area contributed by atoms with Crippen molar-refractivity contribution in [2.45, 2.75) is 56.7 Å². The van der Waals surface area contributed by atoms with Crippen LogP contribution in [0.2, 0.25) is 0 Å². The highest BCUT2D eigenvalue weighted by Gasteiger charge is 2.49. The minimum Gasteiger partial charge on any atom is -0.507 e. The third-order valence-electron chi connectivity index (χ3n) is 7.26. The van der Waals surface area contributed by atoms with Crippen molar-refractivity contribution in [1.82, 2.24) is 25.7 Å². The van der Waals surface area contributed by atoms with Gasteiger partial charge in [-0.25, -0.2) is 4.39 Å². The predicted molar refractivity (Wildman–Crippen MR) is 127 cm³/mol. The van der Waals surface area contributed by atoms with E-state index < -0.39 is 5.82 Å². The Balaban J connectivity index is 1.39. The molecule has 2 aliphatic heterocycles. The van der Waals surface area contributed by atoms with Crippen molar-refractivity contribution in [2.75, 3.05) is 19.1 Å². The van der Waals surface area contributed by atoms with Gasteiger partial charge < -0.3 is 20.1 Å². The van der Waals surface area contributed by atoms with Gasteiger partial charge in [-0.3, -0.25) is 0 Å². The van der Waals surface area contributed by atoms with Gasteiger partial charge in [-0.15, -0.1) is 15.3 Å². The summed E-state index contributed by atoms with van der Waals surface area (Å²) in [4.78, 5) is 2.17. The highest BCUT2D eigenvalue weighted by atomic mass is 19.1. The number of piperidine rings is 1. The molecule has 0 radical (unpaired) electrons. The molecule has 1 aromatic carbocycles. The van der Waals surface area contributed by atoms with Gasteiger partial charge in [0.05, 0.1) is 24.6 Å². The van der Waals surface area contributed by atoms with Crippen LogP contribution in [0.25, 0.3) is 22.4 Å². The van der Waals surface area contributed by atoms with Crippen molar-refractivity contribution in [3.8, 4) is 34.0 Å². The van der Waals surface area contributed by atoms with Gasteiger partial charge in [0.2, 0.25) is 5.88 Å². The molecule has 34 heavy (non-hydrogen) atoms. The van der Waals surface area contributed by atoms with Crippen LogP contribution in [0.5, 0.6) is 11.6 Å². The summed E-state index contributed by atoms with van der Waals surface area (Å²) in [7, 11) is 3.51. The molecular formula is C25H29FN6O2. The van der Waals surface area contributed by atoms with Crippen LogP contribution in [-0.4, -0.2) is 56.8 Å². The maximum absolute atomic E-state index is 15.1. The predicted octanol–water partition coefficient (Wildman–Crippen LogP) is 3.95. The normalized spacial score (nSPS) is 25.9. The van der Waals surface area contributed by atoms with Crippen molar-refractivity contribution in [2.24, 2.45) is 0 Å². The lowest BCUT2D eigenvalue weighted by Crippen LogP contribution is -2.58. The van der Waals surface area contributed by atoms with Gasteiger partial charge in [0.25, 0.3) is 0 Å². The molecule has 2 aromatic heterocycles. The van der Waals surface area contributed by atoms with Crippen molar-refractivity contribution in [3.63, 3.8) is 0 Å². The van der Waals surface area contributed by atoms with Crippen molar-refractivity contribution >= 4 is 5.82 Å². The second kappa shape index (κ2) is 8.16. The number of benzene rings is 1. The Morgan fingerprint density at radius 3 is 2.41 bits per heavy atom. The van der Waals surface area contributed by atoms with Gasteiger partial charge in [-0.05, 0) is 69.4 Å². The zero-order valence-electron chi connectivity index (χ0n) is 19.8. The van der Waals surface area contributed by atoms with Crippen molar-refractivity contribution < 1.29 is 14.2 Å². The molecule has 3 atom stereocenters. The zero-order valence-corrected chi connectivity index (χ0v) is 19.8. The summed E-state index contributed by atoms with van der Waals surface area (Å²) in [6, 6.07) is 8.31. The van der Waals surface area contributed by atoms with E-state index in [1.807, 2.05) is 13.1 Å². The Hall–Kier alpha value is -3.33. The first-order chi connectivity index (χ1) is 16.2. The molecule has 4 heterocycles. The van der Waals surface area contributed by atoms with Crippen LogP contribution in [0.1, 0.15) is 39.5 Å². The molecule has 2 bridgehead atoms. The standard InChI is InChI=1S/C25H29FN6O2/c1-24-7-8-25(2,31-24)13-17(12-24)32(3)21-6-5-19(28-29-21)23-18(26)9-15(10-20(23)33)16-11-22(34-4)30-27-14-16/h5-6,9-11,14,17,31,33H,7-8,12-13H2,1-4H3/t17-,24+,25-. The summed E-state index contributed by atoms with van der Waals surface area (Å²) >= 11 is 0. The molecule has 2 aliphatic rings. The molecule has 0 unspecified atom stereocenters. The van der Waals surface area contributed by atoms with Crippen molar-refractivity contribution in [1.29, 1.82) is 0 Å². The van der Waals surface area contributed by atoms with Gasteiger partial charge in [0, 0.05) is 35.8 Å². The number of aromatic hydroxyl groups is 1. The summed E-state index contributed by atoms with van der Waals surface area (Å²) in [5.74, 6) is 0.208. The third-order valence-corrected chi connectivity index (χ3v) is 7.26. The van der Waals surface area contributed by atoms with Crippen LogP contribution >= 0.6 is 0 Å². The number of rotatable bonds is 5. The topological polar surface area (TPSA) is 96.3 Å². The number of methoxy groups -OCH3 is 1. The Morgan fingerprint density at radius 1 is 1.06 bits per heavy atom.